The van der Waals surface area contributed by atoms with E-state index in [0.717, 1.165) is 11.1 Å². The topological polar surface area (TPSA) is 52.6 Å². The number of carbonyl (C=O) groups is 2. The molecule has 0 heterocycles. The minimum Gasteiger partial charge on any atom is -0.465 e. The van der Waals surface area contributed by atoms with Crippen molar-refractivity contribution in [3.63, 3.8) is 0 Å². The summed E-state index contributed by atoms with van der Waals surface area (Å²) >= 11 is 6.35. The number of halogens is 1. The first-order valence-corrected chi connectivity index (χ1v) is 7.27. The minimum atomic E-state index is -0.750. The van der Waals surface area contributed by atoms with Crippen LogP contribution in [0.5, 0.6) is 0 Å². The van der Waals surface area contributed by atoms with Crippen LogP contribution in [-0.2, 0) is 19.1 Å². The largest absolute Gasteiger partial charge is 0.465 e. The Labute approximate surface area is 141 Å². The number of esters is 2. The van der Waals surface area contributed by atoms with Crippen molar-refractivity contribution in [3.8, 4) is 0 Å². The fraction of sp³-hybridized carbons (Fsp3) is 0.222. The van der Waals surface area contributed by atoms with Gasteiger partial charge in [0.2, 0.25) is 0 Å². The maximum absolute atomic E-state index is 11.6. The highest BCUT2D eigenvalue weighted by atomic mass is 35.5. The quantitative estimate of drug-likeness (QED) is 0.270. The Morgan fingerprint density at radius 3 is 1.96 bits per heavy atom. The number of methoxy groups -OCH3 is 2. The van der Waals surface area contributed by atoms with Gasteiger partial charge in [0.1, 0.15) is 5.57 Å². The molecular weight excluding hydrogens is 316 g/mol. The number of hydrogen-bond acceptors (Lipinski definition) is 4. The number of allylic oxidation sites excluding steroid dienone is 4. The number of benzene rings is 1. The SMILES string of the molecule is COC(=O)C(=C/C(C)=C/C(C)=C(\Cl)c1ccccc1)C(=O)OC. The lowest BCUT2D eigenvalue weighted by atomic mass is 10.1. The zero-order chi connectivity index (χ0) is 17.4. The van der Waals surface area contributed by atoms with Crippen LogP contribution in [0.25, 0.3) is 5.03 Å². The molecule has 0 fully saturated rings. The van der Waals surface area contributed by atoms with Crippen LogP contribution in [0, 0.1) is 0 Å². The second-order valence-corrected chi connectivity index (χ2v) is 5.17. The van der Waals surface area contributed by atoms with E-state index in [1.54, 1.807) is 13.0 Å². The first-order valence-electron chi connectivity index (χ1n) is 6.89. The fourth-order valence-corrected chi connectivity index (χ4v) is 2.09. The van der Waals surface area contributed by atoms with Crippen molar-refractivity contribution in [1.29, 1.82) is 0 Å². The molecule has 0 aliphatic carbocycles. The fourth-order valence-electron chi connectivity index (χ4n) is 1.91. The number of carbonyl (C=O) groups excluding carboxylic acids is 2. The van der Waals surface area contributed by atoms with Crippen LogP contribution < -0.4 is 0 Å². The van der Waals surface area contributed by atoms with Gasteiger partial charge in [0.25, 0.3) is 0 Å². The average Bonchev–Trinajstić information content (AvgIpc) is 2.58. The van der Waals surface area contributed by atoms with Crippen LogP contribution in [0.1, 0.15) is 19.4 Å². The molecule has 0 N–H and O–H groups in total. The molecule has 0 bridgehead atoms. The Morgan fingerprint density at radius 2 is 1.48 bits per heavy atom. The monoisotopic (exact) mass is 334 g/mol. The minimum absolute atomic E-state index is 0.174. The van der Waals surface area contributed by atoms with E-state index >= 15 is 0 Å². The lowest BCUT2D eigenvalue weighted by Crippen LogP contribution is -2.15. The van der Waals surface area contributed by atoms with Gasteiger partial charge >= 0.3 is 11.9 Å². The first kappa shape index (κ1) is 18.7. The van der Waals surface area contributed by atoms with Crippen LogP contribution in [0.2, 0.25) is 0 Å². The summed E-state index contributed by atoms with van der Waals surface area (Å²) in [5.41, 5.74) is 2.19. The van der Waals surface area contributed by atoms with E-state index in [-0.39, 0.29) is 5.57 Å². The molecule has 23 heavy (non-hydrogen) atoms. The number of rotatable bonds is 5. The normalized spacial score (nSPS) is 12.1. The van der Waals surface area contributed by atoms with Gasteiger partial charge in [-0.15, -0.1) is 0 Å². The smallest absolute Gasteiger partial charge is 0.345 e. The summed E-state index contributed by atoms with van der Waals surface area (Å²) in [5.74, 6) is -1.50. The van der Waals surface area contributed by atoms with Crippen LogP contribution >= 0.6 is 11.6 Å². The van der Waals surface area contributed by atoms with Crippen molar-refractivity contribution < 1.29 is 19.1 Å². The molecule has 0 radical (unpaired) electrons. The summed E-state index contributed by atoms with van der Waals surface area (Å²) in [5, 5.41) is 0.594. The van der Waals surface area contributed by atoms with Crippen molar-refractivity contribution in [2.24, 2.45) is 0 Å². The van der Waals surface area contributed by atoms with Crippen LogP contribution in [0.3, 0.4) is 0 Å². The molecule has 0 aromatic heterocycles. The van der Waals surface area contributed by atoms with Crippen molar-refractivity contribution in [3.05, 3.63) is 64.8 Å². The molecule has 5 heteroatoms. The maximum Gasteiger partial charge on any atom is 0.345 e. The van der Waals surface area contributed by atoms with E-state index in [0.29, 0.717) is 10.6 Å². The van der Waals surface area contributed by atoms with E-state index in [9.17, 15) is 9.59 Å². The zero-order valence-corrected chi connectivity index (χ0v) is 14.3. The van der Waals surface area contributed by atoms with E-state index < -0.39 is 11.9 Å². The van der Waals surface area contributed by atoms with Gasteiger partial charge in [-0.25, -0.2) is 9.59 Å². The van der Waals surface area contributed by atoms with Gasteiger partial charge in [-0.3, -0.25) is 0 Å². The summed E-state index contributed by atoms with van der Waals surface area (Å²) in [6.07, 6.45) is 3.19. The summed E-state index contributed by atoms with van der Waals surface area (Å²) in [4.78, 5) is 23.3. The highest BCUT2D eigenvalue weighted by molar-refractivity contribution is 6.49. The van der Waals surface area contributed by atoms with Gasteiger partial charge in [-0.2, -0.15) is 0 Å². The summed E-state index contributed by atoms with van der Waals surface area (Å²) in [6.45, 7) is 3.60. The molecule has 0 aliphatic heterocycles. The Bertz CT molecular complexity index is 652. The van der Waals surface area contributed by atoms with Gasteiger partial charge in [0.15, 0.2) is 0 Å². The highest BCUT2D eigenvalue weighted by Crippen LogP contribution is 2.24. The van der Waals surface area contributed by atoms with E-state index in [1.165, 1.54) is 20.3 Å². The van der Waals surface area contributed by atoms with E-state index in [2.05, 4.69) is 9.47 Å². The number of hydrogen-bond donors (Lipinski definition) is 0. The van der Waals surface area contributed by atoms with Gasteiger partial charge < -0.3 is 9.47 Å². The van der Waals surface area contributed by atoms with Gasteiger partial charge in [0, 0.05) is 0 Å². The summed E-state index contributed by atoms with van der Waals surface area (Å²) in [6, 6.07) is 9.51. The Hall–Kier alpha value is -2.33. The van der Waals surface area contributed by atoms with Crippen LogP contribution in [-0.4, -0.2) is 26.2 Å². The van der Waals surface area contributed by atoms with Crippen molar-refractivity contribution in [2.75, 3.05) is 14.2 Å². The lowest BCUT2D eigenvalue weighted by molar-refractivity contribution is -0.144. The predicted molar refractivity (Wildman–Crippen MR) is 90.8 cm³/mol. The molecule has 0 amide bonds. The summed E-state index contributed by atoms with van der Waals surface area (Å²) < 4.78 is 9.17. The van der Waals surface area contributed by atoms with Crippen LogP contribution in [0.4, 0.5) is 0 Å². The molecule has 0 saturated heterocycles. The molecule has 0 saturated carbocycles. The van der Waals surface area contributed by atoms with Crippen LogP contribution in [0.15, 0.2) is 59.2 Å². The second kappa shape index (κ2) is 8.96. The first-order chi connectivity index (χ1) is 10.9. The molecule has 1 rings (SSSR count). The molecule has 1 aromatic rings. The molecular formula is C18H19ClO4. The standard InChI is InChI=1S/C18H19ClO4/c1-12(11-15(17(20)22-3)18(21)23-4)10-13(2)16(19)14-8-6-5-7-9-14/h5-11H,1-4H3/b12-10+,16-13-. The molecule has 1 aromatic carbocycles. The Kier molecular flexibility index (Phi) is 7.29. The third-order valence-corrected chi connectivity index (χ3v) is 3.52. The van der Waals surface area contributed by atoms with Crippen molar-refractivity contribution >= 4 is 28.6 Å². The van der Waals surface area contributed by atoms with Gasteiger partial charge in [0.05, 0.1) is 19.3 Å². The third kappa shape index (κ3) is 5.42. The molecule has 0 spiro atoms. The van der Waals surface area contributed by atoms with Gasteiger partial charge in [-0.05, 0) is 36.6 Å². The molecule has 0 aliphatic rings. The van der Waals surface area contributed by atoms with Crippen molar-refractivity contribution in [2.45, 2.75) is 13.8 Å². The van der Waals surface area contributed by atoms with Crippen molar-refractivity contribution in [1.82, 2.24) is 0 Å². The second-order valence-electron chi connectivity index (χ2n) is 4.79. The van der Waals surface area contributed by atoms with E-state index in [1.807, 2.05) is 37.3 Å². The Balaban J connectivity index is 3.17. The Morgan fingerprint density at radius 1 is 0.957 bits per heavy atom. The number of ether oxygens (including phenoxy) is 2. The molecule has 0 atom stereocenters. The highest BCUT2D eigenvalue weighted by Gasteiger charge is 2.19. The zero-order valence-electron chi connectivity index (χ0n) is 13.6. The molecule has 0 unspecified atom stereocenters. The molecule has 4 nitrogen and oxygen atoms in total. The third-order valence-electron chi connectivity index (χ3n) is 3.00. The molecule has 122 valence electrons. The summed E-state index contributed by atoms with van der Waals surface area (Å²) in [7, 11) is 2.41. The van der Waals surface area contributed by atoms with E-state index in [4.69, 9.17) is 11.6 Å². The van der Waals surface area contributed by atoms with Gasteiger partial charge in [-0.1, -0.05) is 48.0 Å². The lowest BCUT2D eigenvalue weighted by Gasteiger charge is -2.05. The predicted octanol–water partition coefficient (Wildman–Crippen LogP) is 3.88. The average molecular weight is 335 g/mol. The maximum atomic E-state index is 11.6.